The molecule has 0 saturated heterocycles. The number of carbonyl (C=O) groups is 1. The zero-order valence-electron chi connectivity index (χ0n) is 13.9. The van der Waals surface area contributed by atoms with E-state index in [4.69, 9.17) is 4.74 Å². The van der Waals surface area contributed by atoms with E-state index in [1.54, 1.807) is 7.11 Å². The summed E-state index contributed by atoms with van der Waals surface area (Å²) < 4.78 is 5.31. The van der Waals surface area contributed by atoms with Crippen LogP contribution in [0.4, 0.5) is 4.79 Å². The Labute approximate surface area is 138 Å². The normalized spacial score (nSPS) is 21.3. The first-order chi connectivity index (χ1) is 11.2. The lowest BCUT2D eigenvalue weighted by Gasteiger charge is -2.24. The van der Waals surface area contributed by atoms with Gasteiger partial charge in [0.05, 0.1) is 7.11 Å². The maximum absolute atomic E-state index is 12.1. The van der Waals surface area contributed by atoms with Gasteiger partial charge < -0.3 is 20.5 Å². The van der Waals surface area contributed by atoms with E-state index in [1.807, 2.05) is 24.3 Å². The van der Waals surface area contributed by atoms with Gasteiger partial charge in [-0.3, -0.25) is 0 Å². The zero-order valence-corrected chi connectivity index (χ0v) is 13.9. The van der Waals surface area contributed by atoms with E-state index in [0.717, 1.165) is 43.4 Å². The molecule has 1 aliphatic rings. The monoisotopic (exact) mass is 320 g/mol. The molecule has 0 radical (unpaired) electrons. The van der Waals surface area contributed by atoms with Crippen LogP contribution in [0.15, 0.2) is 24.3 Å². The summed E-state index contributed by atoms with van der Waals surface area (Å²) in [5.74, 6) is 1.02. The molecular formula is C18H28N2O3. The molecular weight excluding hydrogens is 292 g/mol. The van der Waals surface area contributed by atoms with Crippen LogP contribution < -0.4 is 15.4 Å². The molecule has 1 aliphatic carbocycles. The average Bonchev–Trinajstić information content (AvgIpc) is 2.80. The van der Waals surface area contributed by atoms with Crippen LogP contribution in [0.1, 0.15) is 37.7 Å². The number of nitrogens with one attached hydrogen (secondary N) is 2. The van der Waals surface area contributed by atoms with Crippen molar-refractivity contribution in [1.29, 1.82) is 0 Å². The second-order valence-corrected chi connectivity index (χ2v) is 6.15. The topological polar surface area (TPSA) is 70.6 Å². The minimum Gasteiger partial charge on any atom is -0.496 e. The highest BCUT2D eigenvalue weighted by molar-refractivity contribution is 5.74. The highest BCUT2D eigenvalue weighted by Crippen LogP contribution is 2.23. The minimum atomic E-state index is -0.148. The molecule has 2 unspecified atom stereocenters. The van der Waals surface area contributed by atoms with Crippen molar-refractivity contribution >= 4 is 6.03 Å². The Morgan fingerprint density at radius 3 is 2.83 bits per heavy atom. The summed E-state index contributed by atoms with van der Waals surface area (Å²) in [5, 5.41) is 15.4. The zero-order chi connectivity index (χ0) is 16.5. The van der Waals surface area contributed by atoms with Crippen LogP contribution in [0, 0.1) is 5.92 Å². The fourth-order valence-corrected chi connectivity index (χ4v) is 3.23. The lowest BCUT2D eigenvalue weighted by molar-refractivity contribution is 0.179. The maximum atomic E-state index is 12.1. The van der Waals surface area contributed by atoms with Crippen molar-refractivity contribution in [2.75, 3.05) is 20.3 Å². The number of rotatable bonds is 6. The van der Waals surface area contributed by atoms with Crippen LogP contribution in [0.5, 0.6) is 5.75 Å². The molecule has 0 aromatic heterocycles. The standard InChI is InChI=1S/C18H28N2O3/c1-23-17-10-6-5-7-14(17)11-12-19-18(22)20-16-9-4-2-3-8-15(16)13-21/h5-7,10,15-16,21H,2-4,8-9,11-13H2,1H3,(H2,19,20,22). The number of benzene rings is 1. The molecule has 128 valence electrons. The lowest BCUT2D eigenvalue weighted by Crippen LogP contribution is -2.46. The predicted molar refractivity (Wildman–Crippen MR) is 90.7 cm³/mol. The van der Waals surface area contributed by atoms with Crippen LogP contribution in [-0.2, 0) is 6.42 Å². The maximum Gasteiger partial charge on any atom is 0.315 e. The number of para-hydroxylation sites is 1. The molecule has 23 heavy (non-hydrogen) atoms. The van der Waals surface area contributed by atoms with E-state index in [-0.39, 0.29) is 24.6 Å². The van der Waals surface area contributed by atoms with Crippen molar-refractivity contribution in [2.45, 2.75) is 44.6 Å². The Morgan fingerprint density at radius 1 is 1.26 bits per heavy atom. The molecule has 0 bridgehead atoms. The smallest absolute Gasteiger partial charge is 0.315 e. The van der Waals surface area contributed by atoms with Gasteiger partial charge in [-0.15, -0.1) is 0 Å². The molecule has 0 aliphatic heterocycles. The van der Waals surface area contributed by atoms with Crippen molar-refractivity contribution in [3.05, 3.63) is 29.8 Å². The number of amides is 2. The third-order valence-electron chi connectivity index (χ3n) is 4.58. The van der Waals surface area contributed by atoms with E-state index in [0.29, 0.717) is 6.54 Å². The number of aliphatic hydroxyl groups is 1. The summed E-state index contributed by atoms with van der Waals surface area (Å²) in [7, 11) is 1.65. The number of methoxy groups -OCH3 is 1. The summed E-state index contributed by atoms with van der Waals surface area (Å²) >= 11 is 0. The SMILES string of the molecule is COc1ccccc1CCNC(=O)NC1CCCCCC1CO. The van der Waals surface area contributed by atoms with Gasteiger partial charge in [-0.1, -0.05) is 37.5 Å². The van der Waals surface area contributed by atoms with Crippen molar-refractivity contribution in [2.24, 2.45) is 5.92 Å². The second kappa shape index (κ2) is 9.40. The Hall–Kier alpha value is -1.75. The van der Waals surface area contributed by atoms with E-state index in [9.17, 15) is 9.90 Å². The van der Waals surface area contributed by atoms with Crippen molar-refractivity contribution < 1.29 is 14.6 Å². The Balaban J connectivity index is 1.78. The number of ether oxygens (including phenoxy) is 1. The summed E-state index contributed by atoms with van der Waals surface area (Å²) in [6.07, 6.45) is 6.10. The summed E-state index contributed by atoms with van der Waals surface area (Å²) in [6, 6.07) is 7.76. The van der Waals surface area contributed by atoms with Gasteiger partial charge in [0.15, 0.2) is 0 Å². The molecule has 0 heterocycles. The molecule has 5 nitrogen and oxygen atoms in total. The van der Waals surface area contributed by atoms with Gasteiger partial charge in [-0.25, -0.2) is 4.79 Å². The van der Waals surface area contributed by atoms with E-state index >= 15 is 0 Å². The minimum absolute atomic E-state index is 0.0776. The molecule has 1 aromatic rings. The van der Waals surface area contributed by atoms with Gasteiger partial charge in [-0.2, -0.15) is 0 Å². The highest BCUT2D eigenvalue weighted by atomic mass is 16.5. The van der Waals surface area contributed by atoms with Crippen LogP contribution in [0.3, 0.4) is 0 Å². The molecule has 1 aromatic carbocycles. The predicted octanol–water partition coefficient (Wildman–Crippen LogP) is 2.48. The number of hydrogen-bond acceptors (Lipinski definition) is 3. The summed E-state index contributed by atoms with van der Waals surface area (Å²) in [6.45, 7) is 0.703. The Bertz CT molecular complexity index is 493. The van der Waals surface area contributed by atoms with Gasteiger partial charge in [0.1, 0.15) is 5.75 Å². The van der Waals surface area contributed by atoms with Crippen LogP contribution in [-0.4, -0.2) is 37.4 Å². The number of aliphatic hydroxyl groups excluding tert-OH is 1. The molecule has 2 atom stereocenters. The Kier molecular flexibility index (Phi) is 7.20. The first-order valence-corrected chi connectivity index (χ1v) is 8.51. The van der Waals surface area contributed by atoms with Gasteiger partial charge in [0.25, 0.3) is 0 Å². The fourth-order valence-electron chi connectivity index (χ4n) is 3.23. The quantitative estimate of drug-likeness (QED) is 0.705. The summed E-state index contributed by atoms with van der Waals surface area (Å²) in [4.78, 5) is 12.1. The van der Waals surface area contributed by atoms with Gasteiger partial charge in [-0.05, 0) is 30.9 Å². The van der Waals surface area contributed by atoms with Crippen LogP contribution >= 0.6 is 0 Å². The van der Waals surface area contributed by atoms with Crippen LogP contribution in [0.2, 0.25) is 0 Å². The average molecular weight is 320 g/mol. The largest absolute Gasteiger partial charge is 0.496 e. The molecule has 2 rings (SSSR count). The first-order valence-electron chi connectivity index (χ1n) is 8.51. The summed E-state index contributed by atoms with van der Waals surface area (Å²) in [5.41, 5.74) is 1.08. The van der Waals surface area contributed by atoms with Gasteiger partial charge >= 0.3 is 6.03 Å². The van der Waals surface area contributed by atoms with Gasteiger partial charge in [0, 0.05) is 25.1 Å². The van der Waals surface area contributed by atoms with Crippen molar-refractivity contribution in [3.8, 4) is 5.75 Å². The molecule has 5 heteroatoms. The third-order valence-corrected chi connectivity index (χ3v) is 4.58. The molecule has 1 fully saturated rings. The van der Waals surface area contributed by atoms with E-state index in [1.165, 1.54) is 6.42 Å². The third kappa shape index (κ3) is 5.43. The second-order valence-electron chi connectivity index (χ2n) is 6.15. The highest BCUT2D eigenvalue weighted by Gasteiger charge is 2.24. The van der Waals surface area contributed by atoms with Crippen molar-refractivity contribution in [3.63, 3.8) is 0 Å². The molecule has 2 amide bonds. The molecule has 3 N–H and O–H groups in total. The first kappa shape index (κ1) is 17.6. The van der Waals surface area contributed by atoms with Gasteiger partial charge in [0.2, 0.25) is 0 Å². The number of urea groups is 1. The number of hydrogen-bond donors (Lipinski definition) is 3. The Morgan fingerprint density at radius 2 is 2.04 bits per heavy atom. The van der Waals surface area contributed by atoms with Crippen LogP contribution in [0.25, 0.3) is 0 Å². The van der Waals surface area contributed by atoms with E-state index in [2.05, 4.69) is 10.6 Å². The van der Waals surface area contributed by atoms with E-state index < -0.39 is 0 Å². The number of carbonyl (C=O) groups excluding carboxylic acids is 1. The molecule has 0 spiro atoms. The lowest BCUT2D eigenvalue weighted by atomic mass is 9.96. The fraction of sp³-hybridized carbons (Fsp3) is 0.611. The van der Waals surface area contributed by atoms with Crippen molar-refractivity contribution in [1.82, 2.24) is 10.6 Å². The molecule has 1 saturated carbocycles.